The van der Waals surface area contributed by atoms with Gasteiger partial charge in [-0.25, -0.2) is 4.79 Å². The van der Waals surface area contributed by atoms with Gasteiger partial charge in [0, 0.05) is 18.7 Å². The molecule has 1 aliphatic heterocycles. The average molecular weight is 513 g/mol. The lowest BCUT2D eigenvalue weighted by Crippen LogP contribution is -2.58. The van der Waals surface area contributed by atoms with Crippen molar-refractivity contribution < 1.29 is 24.3 Å². The van der Waals surface area contributed by atoms with Crippen LogP contribution in [0.15, 0.2) is 60.7 Å². The number of nitrogens with two attached hydrogens (primary N) is 1. The zero-order valence-electron chi connectivity index (χ0n) is 19.9. The molecule has 0 bridgehead atoms. The average Bonchev–Trinajstić information content (AvgIpc) is 3.38. The summed E-state index contributed by atoms with van der Waals surface area (Å²) in [5, 5.41) is 14.8. The number of carbonyl (C=O) groups excluding carboxylic acids is 3. The van der Waals surface area contributed by atoms with Crippen LogP contribution in [0, 0.1) is 0 Å². The molecular formula is C26H32N4O5S. The maximum Gasteiger partial charge on any atom is 0.326 e. The van der Waals surface area contributed by atoms with Gasteiger partial charge in [-0.15, -0.1) is 0 Å². The van der Waals surface area contributed by atoms with Crippen molar-refractivity contribution in [3.05, 3.63) is 71.8 Å². The van der Waals surface area contributed by atoms with Crippen molar-refractivity contribution in [2.45, 2.75) is 49.9 Å². The van der Waals surface area contributed by atoms with Crippen LogP contribution < -0.4 is 16.4 Å². The minimum Gasteiger partial charge on any atom is -0.480 e. The highest BCUT2D eigenvalue weighted by atomic mass is 32.1. The van der Waals surface area contributed by atoms with Gasteiger partial charge in [-0.3, -0.25) is 14.4 Å². The third-order valence-corrected chi connectivity index (χ3v) is 6.53. The Morgan fingerprint density at radius 2 is 1.47 bits per heavy atom. The van der Waals surface area contributed by atoms with Gasteiger partial charge in [0.15, 0.2) is 0 Å². The van der Waals surface area contributed by atoms with Crippen LogP contribution in [0.2, 0.25) is 0 Å². The number of nitrogens with zero attached hydrogens (tertiary/aromatic N) is 1. The molecule has 10 heteroatoms. The van der Waals surface area contributed by atoms with Gasteiger partial charge in [-0.1, -0.05) is 60.7 Å². The number of carboxylic acids is 1. The summed E-state index contributed by atoms with van der Waals surface area (Å²) in [6.45, 7) is 0.300. The fourth-order valence-electron chi connectivity index (χ4n) is 4.24. The van der Waals surface area contributed by atoms with Crippen LogP contribution in [0.3, 0.4) is 0 Å². The highest BCUT2D eigenvalue weighted by Crippen LogP contribution is 2.19. The van der Waals surface area contributed by atoms with Gasteiger partial charge in [0.2, 0.25) is 17.7 Å². The van der Waals surface area contributed by atoms with Crippen molar-refractivity contribution in [2.75, 3.05) is 12.3 Å². The van der Waals surface area contributed by atoms with Crippen LogP contribution in [0.4, 0.5) is 0 Å². The van der Waals surface area contributed by atoms with Crippen LogP contribution in [-0.2, 0) is 32.0 Å². The highest BCUT2D eigenvalue weighted by molar-refractivity contribution is 7.80. The topological polar surface area (TPSA) is 142 Å². The molecule has 0 aliphatic carbocycles. The molecule has 1 fully saturated rings. The number of likely N-dealkylation sites (tertiary alicyclic amines) is 1. The summed E-state index contributed by atoms with van der Waals surface area (Å²) in [6, 6.07) is 14.7. The minimum absolute atomic E-state index is 0.0209. The van der Waals surface area contributed by atoms with E-state index in [0.29, 0.717) is 25.8 Å². The monoisotopic (exact) mass is 512 g/mol. The van der Waals surface area contributed by atoms with Crippen molar-refractivity contribution in [3.8, 4) is 0 Å². The number of carboxylic acid groups (broad SMARTS) is 1. The lowest BCUT2D eigenvalue weighted by Gasteiger charge is -2.28. The van der Waals surface area contributed by atoms with E-state index in [9.17, 15) is 24.3 Å². The van der Waals surface area contributed by atoms with E-state index in [1.165, 1.54) is 4.90 Å². The summed E-state index contributed by atoms with van der Waals surface area (Å²) in [7, 11) is 0. The Morgan fingerprint density at radius 3 is 2.03 bits per heavy atom. The predicted octanol–water partition coefficient (Wildman–Crippen LogP) is 0.774. The number of benzene rings is 2. The van der Waals surface area contributed by atoms with Crippen LogP contribution in [-0.4, -0.2) is 70.2 Å². The minimum atomic E-state index is -1.08. The van der Waals surface area contributed by atoms with E-state index in [-0.39, 0.29) is 12.2 Å². The Morgan fingerprint density at radius 1 is 0.917 bits per heavy atom. The summed E-state index contributed by atoms with van der Waals surface area (Å²) in [4.78, 5) is 52.0. The van der Waals surface area contributed by atoms with E-state index in [1.807, 2.05) is 60.7 Å². The van der Waals surface area contributed by atoms with Crippen molar-refractivity contribution in [1.82, 2.24) is 15.5 Å². The van der Waals surface area contributed by atoms with Crippen LogP contribution >= 0.6 is 12.6 Å². The predicted molar refractivity (Wildman–Crippen MR) is 138 cm³/mol. The highest BCUT2D eigenvalue weighted by Gasteiger charge is 2.38. The molecule has 0 radical (unpaired) electrons. The van der Waals surface area contributed by atoms with Gasteiger partial charge in [0.25, 0.3) is 0 Å². The van der Waals surface area contributed by atoms with Crippen molar-refractivity contribution in [2.24, 2.45) is 5.73 Å². The maximum atomic E-state index is 13.3. The number of hydrogen-bond acceptors (Lipinski definition) is 6. The van der Waals surface area contributed by atoms with Crippen molar-refractivity contribution in [3.63, 3.8) is 0 Å². The largest absolute Gasteiger partial charge is 0.480 e. The molecule has 0 saturated carbocycles. The molecule has 1 heterocycles. The summed E-state index contributed by atoms with van der Waals surface area (Å²) in [6.07, 6.45) is 1.42. The Hall–Kier alpha value is -3.37. The second-order valence-electron chi connectivity index (χ2n) is 8.82. The third-order valence-electron chi connectivity index (χ3n) is 6.17. The molecule has 4 atom stereocenters. The first-order valence-corrected chi connectivity index (χ1v) is 12.5. The fraction of sp³-hybridized carbons (Fsp3) is 0.385. The molecule has 5 N–H and O–H groups in total. The second-order valence-corrected chi connectivity index (χ2v) is 9.18. The molecule has 4 unspecified atom stereocenters. The summed E-state index contributed by atoms with van der Waals surface area (Å²) in [5.74, 6) is -2.67. The first-order chi connectivity index (χ1) is 17.3. The summed E-state index contributed by atoms with van der Waals surface area (Å²) < 4.78 is 0. The summed E-state index contributed by atoms with van der Waals surface area (Å²) in [5.41, 5.74) is 7.83. The van der Waals surface area contributed by atoms with E-state index < -0.39 is 47.9 Å². The van der Waals surface area contributed by atoms with E-state index in [4.69, 9.17) is 5.73 Å². The molecule has 0 aromatic heterocycles. The number of amides is 3. The van der Waals surface area contributed by atoms with E-state index >= 15 is 0 Å². The van der Waals surface area contributed by atoms with Crippen LogP contribution in [0.1, 0.15) is 24.0 Å². The second kappa shape index (κ2) is 13.1. The zero-order chi connectivity index (χ0) is 26.1. The van der Waals surface area contributed by atoms with Crippen molar-refractivity contribution in [1.29, 1.82) is 0 Å². The molecule has 1 aliphatic rings. The molecular weight excluding hydrogens is 480 g/mol. The molecule has 3 rings (SSSR count). The molecule has 9 nitrogen and oxygen atoms in total. The van der Waals surface area contributed by atoms with Gasteiger partial charge < -0.3 is 26.4 Å². The van der Waals surface area contributed by atoms with E-state index in [1.54, 1.807) is 0 Å². The number of rotatable bonds is 11. The number of hydrogen-bond donors (Lipinski definition) is 5. The molecule has 1 saturated heterocycles. The standard InChI is InChI=1S/C26H32N4O5S/c27-19(14-17-8-3-1-4-9-17)23(31)28-20(15-18-10-5-2-6-11-18)24(32)29-21(16-36)25(33)30-13-7-12-22(30)26(34)35/h1-6,8-11,19-22,36H,7,12-16,27H2,(H,28,31)(H,29,32)(H,34,35). The lowest BCUT2D eigenvalue weighted by molar-refractivity contribution is -0.149. The molecule has 0 spiro atoms. The molecule has 3 amide bonds. The Kier molecular flexibility index (Phi) is 9.89. The number of nitrogens with one attached hydrogen (secondary N) is 2. The molecule has 192 valence electrons. The molecule has 2 aromatic carbocycles. The first-order valence-electron chi connectivity index (χ1n) is 11.9. The molecule has 36 heavy (non-hydrogen) atoms. The molecule has 2 aromatic rings. The smallest absolute Gasteiger partial charge is 0.326 e. The number of thiol groups is 1. The first kappa shape index (κ1) is 27.2. The van der Waals surface area contributed by atoms with Gasteiger partial charge >= 0.3 is 5.97 Å². The Bertz CT molecular complexity index is 1050. The third kappa shape index (κ3) is 7.32. The normalized spacial score (nSPS) is 17.6. The van der Waals surface area contributed by atoms with Crippen LogP contribution in [0.25, 0.3) is 0 Å². The Labute approximate surface area is 215 Å². The van der Waals surface area contributed by atoms with Gasteiger partial charge in [0.1, 0.15) is 18.1 Å². The van der Waals surface area contributed by atoms with Crippen LogP contribution in [0.5, 0.6) is 0 Å². The quantitative estimate of drug-likeness (QED) is 0.282. The van der Waals surface area contributed by atoms with E-state index in [0.717, 1.165) is 11.1 Å². The van der Waals surface area contributed by atoms with Gasteiger partial charge in [-0.2, -0.15) is 12.6 Å². The number of aliphatic carboxylic acids is 1. The van der Waals surface area contributed by atoms with E-state index in [2.05, 4.69) is 23.3 Å². The van der Waals surface area contributed by atoms with Gasteiger partial charge in [-0.05, 0) is 30.4 Å². The summed E-state index contributed by atoms with van der Waals surface area (Å²) >= 11 is 4.21. The maximum absolute atomic E-state index is 13.3. The lowest BCUT2D eigenvalue weighted by atomic mass is 10.0. The Balaban J connectivity index is 1.72. The zero-order valence-corrected chi connectivity index (χ0v) is 20.8. The van der Waals surface area contributed by atoms with Gasteiger partial charge in [0.05, 0.1) is 6.04 Å². The fourth-order valence-corrected chi connectivity index (χ4v) is 4.49. The van der Waals surface area contributed by atoms with Crippen molar-refractivity contribution >= 4 is 36.3 Å². The number of carbonyl (C=O) groups is 4. The SMILES string of the molecule is NC(Cc1ccccc1)C(=O)NC(Cc1ccccc1)C(=O)NC(CS)C(=O)N1CCCC1C(=O)O.